The fourth-order valence-corrected chi connectivity index (χ4v) is 2.71. The summed E-state index contributed by atoms with van der Waals surface area (Å²) in [6.45, 7) is 11.9. The van der Waals surface area contributed by atoms with Crippen molar-refractivity contribution in [3.63, 3.8) is 0 Å². The Morgan fingerprint density at radius 1 is 1.00 bits per heavy atom. The Kier molecular flexibility index (Phi) is 7.20. The third-order valence-electron chi connectivity index (χ3n) is 3.43. The van der Waals surface area contributed by atoms with E-state index in [0.29, 0.717) is 0 Å². The third-order valence-corrected chi connectivity index (χ3v) is 4.13. The molecule has 0 aliphatic carbocycles. The predicted octanol–water partition coefficient (Wildman–Crippen LogP) is 0.0789. The largest absolute Gasteiger partial charge is 1.00 e. The van der Waals surface area contributed by atoms with Crippen LogP contribution in [0.5, 0.6) is 5.75 Å². The second-order valence-corrected chi connectivity index (χ2v) is 9.07. The first-order valence-electron chi connectivity index (χ1n) is 7.02. The van der Waals surface area contributed by atoms with Crippen LogP contribution in [-0.4, -0.2) is 23.8 Å². The van der Waals surface area contributed by atoms with Crippen LogP contribution in [0.25, 0.3) is 0 Å². The summed E-state index contributed by atoms with van der Waals surface area (Å²) in [5.74, 6) is -0.172. The van der Waals surface area contributed by atoms with Gasteiger partial charge in [0.1, 0.15) is 5.75 Å². The minimum absolute atomic E-state index is 0. The number of aryl methyl sites for hydroxylation is 1. The Hall–Kier alpha value is -0.0700. The smallest absolute Gasteiger partial charge is 0.748 e. The van der Waals surface area contributed by atoms with Crippen molar-refractivity contribution in [1.29, 1.82) is 0 Å². The SMILES string of the molecule is CC(C)(C)c1cc(CCS(=O)(=O)[O-])cc(C(C)(C)C)c1O.[Na+]. The van der Waals surface area contributed by atoms with Gasteiger partial charge < -0.3 is 9.66 Å². The molecule has 0 fully saturated rings. The summed E-state index contributed by atoms with van der Waals surface area (Å²) in [4.78, 5) is 0. The van der Waals surface area contributed by atoms with E-state index >= 15 is 0 Å². The molecule has 1 aromatic carbocycles. The van der Waals surface area contributed by atoms with Crippen LogP contribution in [0.2, 0.25) is 0 Å². The van der Waals surface area contributed by atoms with Crippen LogP contribution in [-0.2, 0) is 27.4 Å². The van der Waals surface area contributed by atoms with Gasteiger partial charge in [0.2, 0.25) is 0 Å². The van der Waals surface area contributed by atoms with Crippen LogP contribution in [0.4, 0.5) is 0 Å². The molecule has 120 valence electrons. The van der Waals surface area contributed by atoms with Gasteiger partial charge in [-0.1, -0.05) is 53.7 Å². The molecular formula is C16H25NaO4S. The van der Waals surface area contributed by atoms with E-state index in [0.717, 1.165) is 16.7 Å². The van der Waals surface area contributed by atoms with E-state index in [1.54, 1.807) is 12.1 Å². The Morgan fingerprint density at radius 2 is 1.36 bits per heavy atom. The molecule has 1 rings (SSSR count). The number of hydrogen-bond acceptors (Lipinski definition) is 4. The van der Waals surface area contributed by atoms with Gasteiger partial charge in [0.15, 0.2) is 0 Å². The maximum Gasteiger partial charge on any atom is 1.00 e. The van der Waals surface area contributed by atoms with E-state index in [1.807, 2.05) is 41.5 Å². The van der Waals surface area contributed by atoms with Crippen molar-refractivity contribution in [2.75, 3.05) is 5.75 Å². The molecule has 22 heavy (non-hydrogen) atoms. The van der Waals surface area contributed by atoms with Crippen molar-refractivity contribution in [2.45, 2.75) is 58.8 Å². The van der Waals surface area contributed by atoms with Crippen molar-refractivity contribution in [2.24, 2.45) is 0 Å². The Morgan fingerprint density at radius 3 is 1.64 bits per heavy atom. The van der Waals surface area contributed by atoms with E-state index in [4.69, 9.17) is 0 Å². The zero-order chi connectivity index (χ0) is 16.6. The minimum atomic E-state index is -4.24. The summed E-state index contributed by atoms with van der Waals surface area (Å²) in [6, 6.07) is 3.60. The molecule has 0 aromatic heterocycles. The van der Waals surface area contributed by atoms with Crippen LogP contribution >= 0.6 is 0 Å². The Bertz CT molecular complexity index is 588. The van der Waals surface area contributed by atoms with Crippen LogP contribution in [0.1, 0.15) is 58.2 Å². The number of benzene rings is 1. The molecule has 1 aromatic rings. The Balaban J connectivity index is 0.00000441. The van der Waals surface area contributed by atoms with Gasteiger partial charge in [0, 0.05) is 5.75 Å². The van der Waals surface area contributed by atoms with Gasteiger partial charge in [0.25, 0.3) is 0 Å². The fourth-order valence-electron chi connectivity index (χ4n) is 2.22. The second-order valence-electron chi connectivity index (χ2n) is 7.55. The van der Waals surface area contributed by atoms with E-state index < -0.39 is 15.9 Å². The predicted molar refractivity (Wildman–Crippen MR) is 83.8 cm³/mol. The molecule has 0 bridgehead atoms. The number of hydrogen-bond donors (Lipinski definition) is 1. The fraction of sp³-hybridized carbons (Fsp3) is 0.625. The molecule has 0 amide bonds. The molecule has 0 aliphatic heterocycles. The minimum Gasteiger partial charge on any atom is -0.748 e. The first kappa shape index (κ1) is 21.9. The van der Waals surface area contributed by atoms with Gasteiger partial charge in [0.05, 0.1) is 10.1 Å². The van der Waals surface area contributed by atoms with Crippen LogP contribution in [0.15, 0.2) is 12.1 Å². The van der Waals surface area contributed by atoms with Crippen molar-refractivity contribution in [1.82, 2.24) is 0 Å². The molecular weight excluding hydrogens is 311 g/mol. The molecule has 1 N–H and O–H groups in total. The van der Waals surface area contributed by atoms with Crippen LogP contribution in [0.3, 0.4) is 0 Å². The summed E-state index contributed by atoms with van der Waals surface area (Å²) in [7, 11) is -4.24. The van der Waals surface area contributed by atoms with Gasteiger partial charge in [-0.3, -0.25) is 0 Å². The monoisotopic (exact) mass is 336 g/mol. The number of aromatic hydroxyl groups is 1. The summed E-state index contributed by atoms with van der Waals surface area (Å²) >= 11 is 0. The molecule has 0 saturated heterocycles. The van der Waals surface area contributed by atoms with Gasteiger partial charge in [-0.15, -0.1) is 0 Å². The number of rotatable bonds is 3. The normalized spacial score (nSPS) is 12.9. The van der Waals surface area contributed by atoms with Crippen molar-refractivity contribution >= 4 is 10.1 Å². The van der Waals surface area contributed by atoms with E-state index in [-0.39, 0.29) is 52.6 Å². The zero-order valence-electron chi connectivity index (χ0n) is 14.6. The molecule has 0 radical (unpaired) electrons. The van der Waals surface area contributed by atoms with Crippen molar-refractivity contribution in [3.05, 3.63) is 28.8 Å². The summed E-state index contributed by atoms with van der Waals surface area (Å²) in [5, 5.41) is 10.5. The van der Waals surface area contributed by atoms with Crippen molar-refractivity contribution < 1.29 is 47.6 Å². The van der Waals surface area contributed by atoms with E-state index in [1.165, 1.54) is 0 Å². The van der Waals surface area contributed by atoms with E-state index in [9.17, 15) is 18.1 Å². The maximum atomic E-state index is 10.8. The quantitative estimate of drug-likeness (QED) is 0.626. The Labute approximate surface area is 156 Å². The molecule has 4 nitrogen and oxygen atoms in total. The maximum absolute atomic E-state index is 10.8. The van der Waals surface area contributed by atoms with Gasteiger partial charge >= 0.3 is 29.6 Å². The van der Waals surface area contributed by atoms with Gasteiger partial charge in [-0.2, -0.15) is 0 Å². The first-order chi connectivity index (χ1) is 9.22. The average Bonchev–Trinajstić information content (AvgIpc) is 2.23. The summed E-state index contributed by atoms with van der Waals surface area (Å²) in [6.07, 6.45) is 0.165. The topological polar surface area (TPSA) is 77.4 Å². The van der Waals surface area contributed by atoms with Gasteiger partial charge in [-0.05, 0) is 33.9 Å². The summed E-state index contributed by atoms with van der Waals surface area (Å²) in [5.41, 5.74) is 1.77. The zero-order valence-corrected chi connectivity index (χ0v) is 17.5. The molecule has 0 aliphatic rings. The van der Waals surface area contributed by atoms with E-state index in [2.05, 4.69) is 0 Å². The molecule has 0 heterocycles. The first-order valence-corrected chi connectivity index (χ1v) is 8.60. The average molecular weight is 336 g/mol. The van der Waals surface area contributed by atoms with Crippen LogP contribution < -0.4 is 29.6 Å². The molecule has 0 atom stereocenters. The molecule has 0 unspecified atom stereocenters. The number of phenols is 1. The molecule has 6 heteroatoms. The second kappa shape index (κ2) is 7.22. The van der Waals surface area contributed by atoms with Crippen LogP contribution in [0, 0.1) is 0 Å². The van der Waals surface area contributed by atoms with Crippen molar-refractivity contribution in [3.8, 4) is 5.75 Å². The standard InChI is InChI=1S/C16H26O4S.Na/c1-15(2,3)12-9-11(7-8-21(18,19)20)10-13(14(12)17)16(4,5)6;/h9-10,17H,7-8H2,1-6H3,(H,18,19,20);/q;+1/p-1. The summed E-state index contributed by atoms with van der Waals surface area (Å²) < 4.78 is 32.5. The molecule has 0 spiro atoms. The molecule has 0 saturated carbocycles. The van der Waals surface area contributed by atoms with Gasteiger partial charge in [-0.25, -0.2) is 8.42 Å². The third kappa shape index (κ3) is 6.20. The number of phenolic OH excluding ortho intramolecular Hbond substituents is 1.